The maximum Gasteiger partial charge on any atom is 0.328 e. The Morgan fingerprint density at radius 1 is 0.812 bits per heavy atom. The molecule has 16 heteroatoms. The van der Waals surface area contributed by atoms with Gasteiger partial charge >= 0.3 is 5.97 Å². The standard InChI is InChI=1S/C16H30N8O8/c17-7(5-25)12(28)22-8(2-1-3-21-16(19)20)13(29)23-9(4-11(18)27)14(30)24-10(6-26)15(31)32/h7-10,25-26H,1-6,17H2,(H2,18,27)(H,22,28)(H,23,29)(H,24,30)(H,31,32)(H4,19,20,21). The van der Waals surface area contributed by atoms with Crippen LogP contribution in [-0.2, 0) is 24.0 Å². The number of primary amides is 1. The van der Waals surface area contributed by atoms with Gasteiger partial charge in [0, 0.05) is 6.54 Å². The summed E-state index contributed by atoms with van der Waals surface area (Å²) in [4.78, 5) is 63.0. The number of amides is 4. The quantitative estimate of drug-likeness (QED) is 0.0619. The summed E-state index contributed by atoms with van der Waals surface area (Å²) in [6.45, 7) is -1.53. The summed E-state index contributed by atoms with van der Waals surface area (Å²) in [5.41, 5.74) is 20.9. The molecule has 4 unspecified atom stereocenters. The topological polar surface area (TPSA) is 299 Å². The fourth-order valence-corrected chi connectivity index (χ4v) is 2.27. The zero-order valence-electron chi connectivity index (χ0n) is 17.2. The van der Waals surface area contributed by atoms with Gasteiger partial charge < -0.3 is 54.2 Å². The predicted octanol–water partition coefficient (Wildman–Crippen LogP) is -6.23. The number of aliphatic imine (C=N–C) groups is 1. The summed E-state index contributed by atoms with van der Waals surface area (Å²) in [5, 5.41) is 33.4. The van der Waals surface area contributed by atoms with Crippen molar-refractivity contribution in [2.24, 2.45) is 27.9 Å². The molecule has 16 nitrogen and oxygen atoms in total. The van der Waals surface area contributed by atoms with Crippen molar-refractivity contribution >= 4 is 35.6 Å². The number of nitrogens with zero attached hydrogens (tertiary/aromatic N) is 1. The van der Waals surface area contributed by atoms with Crippen LogP contribution in [0.4, 0.5) is 0 Å². The van der Waals surface area contributed by atoms with Gasteiger partial charge in [0.2, 0.25) is 23.6 Å². The van der Waals surface area contributed by atoms with Gasteiger partial charge in [-0.1, -0.05) is 0 Å². The summed E-state index contributed by atoms with van der Waals surface area (Å²) in [6.07, 6.45) is -0.505. The SMILES string of the molecule is NC(=O)CC(NC(=O)C(CCCN=C(N)N)NC(=O)C(N)CO)C(=O)NC(CO)C(=O)O. The highest BCUT2D eigenvalue weighted by Gasteiger charge is 2.30. The van der Waals surface area contributed by atoms with Crippen LogP contribution in [0.3, 0.4) is 0 Å². The van der Waals surface area contributed by atoms with Gasteiger partial charge in [-0.15, -0.1) is 0 Å². The average Bonchev–Trinajstić information content (AvgIpc) is 2.71. The highest BCUT2D eigenvalue weighted by molar-refractivity contribution is 5.96. The van der Waals surface area contributed by atoms with Crippen LogP contribution in [0.1, 0.15) is 19.3 Å². The first-order valence-corrected chi connectivity index (χ1v) is 9.37. The third kappa shape index (κ3) is 11.0. The summed E-state index contributed by atoms with van der Waals surface area (Å²) >= 11 is 0. The summed E-state index contributed by atoms with van der Waals surface area (Å²) in [7, 11) is 0. The van der Waals surface area contributed by atoms with E-state index >= 15 is 0 Å². The molecule has 182 valence electrons. The second-order valence-corrected chi connectivity index (χ2v) is 6.61. The molecule has 32 heavy (non-hydrogen) atoms. The van der Waals surface area contributed by atoms with Crippen LogP contribution in [0, 0.1) is 0 Å². The molecule has 0 spiro atoms. The lowest BCUT2D eigenvalue weighted by atomic mass is 10.1. The Hall–Kier alpha value is -3.50. The van der Waals surface area contributed by atoms with Crippen molar-refractivity contribution in [3.63, 3.8) is 0 Å². The van der Waals surface area contributed by atoms with E-state index in [-0.39, 0.29) is 25.3 Å². The molecule has 0 bridgehead atoms. The van der Waals surface area contributed by atoms with Crippen molar-refractivity contribution in [3.05, 3.63) is 0 Å². The van der Waals surface area contributed by atoms with Crippen LogP contribution < -0.4 is 38.9 Å². The molecular weight excluding hydrogens is 432 g/mol. The van der Waals surface area contributed by atoms with Crippen molar-refractivity contribution < 1.29 is 39.3 Å². The van der Waals surface area contributed by atoms with Crippen molar-refractivity contribution in [1.29, 1.82) is 0 Å². The van der Waals surface area contributed by atoms with E-state index in [0.29, 0.717) is 0 Å². The first-order valence-electron chi connectivity index (χ1n) is 9.37. The van der Waals surface area contributed by atoms with Gasteiger partial charge in [-0.2, -0.15) is 0 Å². The number of nitrogens with two attached hydrogens (primary N) is 4. The zero-order valence-corrected chi connectivity index (χ0v) is 17.2. The Morgan fingerprint density at radius 2 is 1.34 bits per heavy atom. The number of rotatable bonds is 15. The van der Waals surface area contributed by atoms with E-state index in [4.69, 9.17) is 38.3 Å². The fraction of sp³-hybridized carbons (Fsp3) is 0.625. The van der Waals surface area contributed by atoms with E-state index in [1.165, 1.54) is 0 Å². The lowest BCUT2D eigenvalue weighted by Gasteiger charge is -2.24. The minimum Gasteiger partial charge on any atom is -0.480 e. The van der Waals surface area contributed by atoms with Crippen molar-refractivity contribution in [1.82, 2.24) is 16.0 Å². The molecular formula is C16H30N8O8. The third-order valence-corrected chi connectivity index (χ3v) is 3.95. The number of guanidine groups is 1. The Kier molecular flexibility index (Phi) is 12.9. The molecule has 0 saturated carbocycles. The number of carboxylic acid groups (broad SMARTS) is 1. The van der Waals surface area contributed by atoms with Crippen LogP contribution in [-0.4, -0.2) is 94.8 Å². The lowest BCUT2D eigenvalue weighted by Crippen LogP contribution is -2.58. The van der Waals surface area contributed by atoms with Gasteiger partial charge in [-0.05, 0) is 12.8 Å². The maximum absolute atomic E-state index is 12.7. The molecule has 0 aromatic rings. The van der Waals surface area contributed by atoms with Gasteiger partial charge in [0.1, 0.15) is 24.2 Å². The predicted molar refractivity (Wildman–Crippen MR) is 109 cm³/mol. The molecule has 0 aromatic carbocycles. The number of aliphatic hydroxyl groups is 2. The molecule has 0 radical (unpaired) electrons. The molecule has 4 atom stereocenters. The number of nitrogens with one attached hydrogen (secondary N) is 3. The monoisotopic (exact) mass is 462 g/mol. The van der Waals surface area contributed by atoms with E-state index in [1.807, 2.05) is 5.32 Å². The fourth-order valence-electron chi connectivity index (χ4n) is 2.27. The number of aliphatic carboxylic acids is 1. The van der Waals surface area contributed by atoms with Gasteiger partial charge in [-0.3, -0.25) is 24.2 Å². The van der Waals surface area contributed by atoms with E-state index in [2.05, 4.69) is 15.6 Å². The lowest BCUT2D eigenvalue weighted by molar-refractivity contribution is -0.143. The Labute approximate surface area is 182 Å². The van der Waals surface area contributed by atoms with Crippen LogP contribution in [0.25, 0.3) is 0 Å². The normalized spacial score (nSPS) is 14.2. The summed E-state index contributed by atoms with van der Waals surface area (Å²) in [6, 6.07) is -5.89. The second kappa shape index (κ2) is 14.5. The minimum atomic E-state index is -1.69. The molecule has 0 heterocycles. The van der Waals surface area contributed by atoms with Gasteiger partial charge in [0.15, 0.2) is 5.96 Å². The van der Waals surface area contributed by atoms with Crippen LogP contribution in [0.5, 0.6) is 0 Å². The maximum atomic E-state index is 12.7. The first kappa shape index (κ1) is 28.5. The van der Waals surface area contributed by atoms with Gasteiger partial charge in [0.05, 0.1) is 19.6 Å². The summed E-state index contributed by atoms with van der Waals surface area (Å²) in [5.74, 6) is -5.62. The average molecular weight is 462 g/mol. The molecule has 0 saturated heterocycles. The molecule has 0 aliphatic heterocycles. The second-order valence-electron chi connectivity index (χ2n) is 6.61. The highest BCUT2D eigenvalue weighted by atomic mass is 16.4. The highest BCUT2D eigenvalue weighted by Crippen LogP contribution is 2.02. The van der Waals surface area contributed by atoms with Crippen molar-refractivity contribution in [2.75, 3.05) is 19.8 Å². The number of hydrogen-bond donors (Lipinski definition) is 10. The van der Waals surface area contributed by atoms with E-state index in [9.17, 15) is 24.0 Å². The van der Waals surface area contributed by atoms with Gasteiger partial charge in [0.25, 0.3) is 0 Å². The van der Waals surface area contributed by atoms with Crippen molar-refractivity contribution in [2.45, 2.75) is 43.4 Å². The molecule has 0 aliphatic rings. The van der Waals surface area contributed by atoms with Crippen LogP contribution in [0.15, 0.2) is 4.99 Å². The molecule has 0 aromatic heterocycles. The molecule has 14 N–H and O–H groups in total. The Morgan fingerprint density at radius 3 is 1.81 bits per heavy atom. The Bertz CT molecular complexity index is 712. The van der Waals surface area contributed by atoms with Gasteiger partial charge in [-0.25, -0.2) is 4.79 Å². The molecule has 0 rings (SSSR count). The number of carboxylic acids is 1. The number of carbonyl (C=O) groups excluding carboxylic acids is 4. The number of aliphatic hydroxyl groups excluding tert-OH is 2. The summed E-state index contributed by atoms with van der Waals surface area (Å²) < 4.78 is 0. The minimum absolute atomic E-state index is 0.0220. The number of carbonyl (C=O) groups is 5. The van der Waals surface area contributed by atoms with E-state index < -0.39 is 73.4 Å². The smallest absolute Gasteiger partial charge is 0.328 e. The molecule has 0 aliphatic carbocycles. The largest absolute Gasteiger partial charge is 0.480 e. The van der Waals surface area contributed by atoms with E-state index in [0.717, 1.165) is 0 Å². The van der Waals surface area contributed by atoms with Crippen molar-refractivity contribution in [3.8, 4) is 0 Å². The van der Waals surface area contributed by atoms with Crippen LogP contribution >= 0.6 is 0 Å². The Balaban J connectivity index is 5.46. The first-order chi connectivity index (χ1) is 14.9. The molecule has 4 amide bonds. The van der Waals surface area contributed by atoms with Crippen LogP contribution in [0.2, 0.25) is 0 Å². The third-order valence-electron chi connectivity index (χ3n) is 3.95. The molecule has 0 fully saturated rings. The zero-order chi connectivity index (χ0) is 24.8. The van der Waals surface area contributed by atoms with E-state index in [1.54, 1.807) is 0 Å². The number of hydrogen-bond acceptors (Lipinski definition) is 9.